The number of hydrogen-bond acceptors (Lipinski definition) is 0. The van der Waals surface area contributed by atoms with Gasteiger partial charge in [-0.15, -0.1) is 6.58 Å². The third-order valence-electron chi connectivity index (χ3n) is 1.78. The largest absolute Gasteiger partial charge is 0.100 e. The smallest absolute Gasteiger partial charge is 0.0245 e. The second-order valence-electron chi connectivity index (χ2n) is 3.13. The molecular formula is C12H20. The highest BCUT2D eigenvalue weighted by atomic mass is 14.0. The lowest BCUT2D eigenvalue weighted by molar-refractivity contribution is 0.946. The second kappa shape index (κ2) is 6.90. The summed E-state index contributed by atoms with van der Waals surface area (Å²) in [5.41, 5.74) is 2.68. The molecule has 0 amide bonds. The molecular weight excluding hydrogens is 144 g/mol. The zero-order chi connectivity index (χ0) is 9.40. The molecule has 0 aromatic rings. The molecule has 0 aliphatic heterocycles. The first-order chi connectivity index (χ1) is 5.70. The molecule has 0 bridgehead atoms. The molecule has 0 rings (SSSR count). The Morgan fingerprint density at radius 3 is 2.42 bits per heavy atom. The number of allylic oxidation sites excluding steroid dienone is 5. The Morgan fingerprint density at radius 2 is 2.00 bits per heavy atom. The van der Waals surface area contributed by atoms with E-state index in [1.54, 1.807) is 0 Å². The van der Waals surface area contributed by atoms with E-state index in [1.165, 1.54) is 11.1 Å². The van der Waals surface area contributed by atoms with Gasteiger partial charge in [0.2, 0.25) is 0 Å². The zero-order valence-corrected chi connectivity index (χ0v) is 8.56. The minimum absolute atomic E-state index is 1.10. The molecule has 0 spiro atoms. The quantitative estimate of drug-likeness (QED) is 0.421. The van der Waals surface area contributed by atoms with Crippen molar-refractivity contribution in [3.63, 3.8) is 0 Å². The van der Waals surface area contributed by atoms with Crippen molar-refractivity contribution in [1.82, 2.24) is 0 Å². The first-order valence-corrected chi connectivity index (χ1v) is 4.66. The summed E-state index contributed by atoms with van der Waals surface area (Å²) in [4.78, 5) is 0. The van der Waals surface area contributed by atoms with Crippen LogP contribution in [0.15, 0.2) is 36.0 Å². The molecule has 0 saturated carbocycles. The zero-order valence-electron chi connectivity index (χ0n) is 8.56. The van der Waals surface area contributed by atoms with Crippen molar-refractivity contribution < 1.29 is 0 Å². The Labute approximate surface area is 76.7 Å². The van der Waals surface area contributed by atoms with E-state index in [4.69, 9.17) is 0 Å². The van der Waals surface area contributed by atoms with Crippen LogP contribution < -0.4 is 0 Å². The summed E-state index contributed by atoms with van der Waals surface area (Å²) in [7, 11) is 0. The standard InChI is InChI=1S/C12H20/c1-5-7-8-12(6-2)10-9-11(3)4/h6-8H,3,5,9-10H2,1-2,4H3/b8-7-,12-6+. The van der Waals surface area contributed by atoms with Crippen molar-refractivity contribution in [3.05, 3.63) is 36.0 Å². The summed E-state index contributed by atoms with van der Waals surface area (Å²) in [6, 6.07) is 0. The summed E-state index contributed by atoms with van der Waals surface area (Å²) < 4.78 is 0. The van der Waals surface area contributed by atoms with Gasteiger partial charge < -0.3 is 0 Å². The lowest BCUT2D eigenvalue weighted by atomic mass is 10.1. The monoisotopic (exact) mass is 164 g/mol. The van der Waals surface area contributed by atoms with Crippen molar-refractivity contribution >= 4 is 0 Å². The van der Waals surface area contributed by atoms with E-state index in [0.717, 1.165) is 19.3 Å². The van der Waals surface area contributed by atoms with Crippen LogP contribution in [0.2, 0.25) is 0 Å². The van der Waals surface area contributed by atoms with E-state index in [1.807, 2.05) is 0 Å². The molecule has 0 unspecified atom stereocenters. The molecule has 0 N–H and O–H groups in total. The summed E-state index contributed by atoms with van der Waals surface area (Å²) in [5.74, 6) is 0. The highest BCUT2D eigenvalue weighted by molar-refractivity contribution is 5.18. The van der Waals surface area contributed by atoms with E-state index >= 15 is 0 Å². The molecule has 0 nitrogen and oxygen atoms in total. The van der Waals surface area contributed by atoms with Gasteiger partial charge in [-0.25, -0.2) is 0 Å². The molecule has 0 aromatic carbocycles. The molecule has 0 heterocycles. The number of rotatable bonds is 5. The Morgan fingerprint density at radius 1 is 1.33 bits per heavy atom. The Balaban J connectivity index is 3.85. The predicted octanol–water partition coefficient (Wildman–Crippen LogP) is 4.26. The highest BCUT2D eigenvalue weighted by Crippen LogP contribution is 2.11. The molecule has 0 radical (unpaired) electrons. The van der Waals surface area contributed by atoms with Crippen molar-refractivity contribution in [2.24, 2.45) is 0 Å². The molecule has 68 valence electrons. The fourth-order valence-electron chi connectivity index (χ4n) is 0.951. The van der Waals surface area contributed by atoms with Crippen molar-refractivity contribution in [2.75, 3.05) is 0 Å². The molecule has 0 aliphatic carbocycles. The first kappa shape index (κ1) is 11.2. The minimum atomic E-state index is 1.10. The van der Waals surface area contributed by atoms with Crippen LogP contribution >= 0.6 is 0 Å². The van der Waals surface area contributed by atoms with Gasteiger partial charge in [0.1, 0.15) is 0 Å². The molecule has 0 aliphatic rings. The van der Waals surface area contributed by atoms with Crippen LogP contribution in [0.25, 0.3) is 0 Å². The third kappa shape index (κ3) is 5.96. The fraction of sp³-hybridized carbons (Fsp3) is 0.500. The van der Waals surface area contributed by atoms with Gasteiger partial charge in [-0.1, -0.05) is 36.3 Å². The Hall–Kier alpha value is -0.780. The van der Waals surface area contributed by atoms with Crippen molar-refractivity contribution in [1.29, 1.82) is 0 Å². The van der Waals surface area contributed by atoms with Crippen molar-refractivity contribution in [2.45, 2.75) is 40.0 Å². The van der Waals surface area contributed by atoms with Gasteiger partial charge in [-0.05, 0) is 33.1 Å². The second-order valence-corrected chi connectivity index (χ2v) is 3.13. The first-order valence-electron chi connectivity index (χ1n) is 4.66. The predicted molar refractivity (Wildman–Crippen MR) is 57.2 cm³/mol. The average Bonchev–Trinajstić information content (AvgIpc) is 2.05. The Kier molecular flexibility index (Phi) is 6.45. The topological polar surface area (TPSA) is 0 Å². The summed E-state index contributed by atoms with van der Waals surface area (Å²) in [6.45, 7) is 10.2. The van der Waals surface area contributed by atoms with Crippen LogP contribution in [-0.4, -0.2) is 0 Å². The fourth-order valence-corrected chi connectivity index (χ4v) is 0.951. The van der Waals surface area contributed by atoms with Gasteiger partial charge in [-0.2, -0.15) is 0 Å². The van der Waals surface area contributed by atoms with Crippen LogP contribution in [-0.2, 0) is 0 Å². The van der Waals surface area contributed by atoms with E-state index < -0.39 is 0 Å². The van der Waals surface area contributed by atoms with E-state index in [9.17, 15) is 0 Å². The van der Waals surface area contributed by atoms with Gasteiger partial charge >= 0.3 is 0 Å². The normalized spacial score (nSPS) is 12.4. The van der Waals surface area contributed by atoms with Gasteiger partial charge in [0.05, 0.1) is 0 Å². The van der Waals surface area contributed by atoms with Crippen LogP contribution in [0.5, 0.6) is 0 Å². The molecule has 0 fully saturated rings. The van der Waals surface area contributed by atoms with Gasteiger partial charge in [0.15, 0.2) is 0 Å². The number of hydrogen-bond donors (Lipinski definition) is 0. The van der Waals surface area contributed by atoms with Crippen LogP contribution in [0.4, 0.5) is 0 Å². The summed E-state index contributed by atoms with van der Waals surface area (Å²) >= 11 is 0. The summed E-state index contributed by atoms with van der Waals surface area (Å²) in [5, 5.41) is 0. The molecule has 0 atom stereocenters. The van der Waals surface area contributed by atoms with Gasteiger partial charge in [-0.3, -0.25) is 0 Å². The van der Waals surface area contributed by atoms with Crippen LogP contribution in [0.1, 0.15) is 40.0 Å². The molecule has 0 heteroatoms. The van der Waals surface area contributed by atoms with E-state index in [-0.39, 0.29) is 0 Å². The van der Waals surface area contributed by atoms with Crippen molar-refractivity contribution in [3.8, 4) is 0 Å². The average molecular weight is 164 g/mol. The van der Waals surface area contributed by atoms with Crippen LogP contribution in [0, 0.1) is 0 Å². The SMILES string of the molecule is C=C(C)CCC(/C=C\CC)=C/C. The molecule has 0 saturated heterocycles. The maximum Gasteiger partial charge on any atom is -0.0245 e. The lowest BCUT2D eigenvalue weighted by Gasteiger charge is -2.00. The van der Waals surface area contributed by atoms with E-state index in [2.05, 4.69) is 45.6 Å². The maximum atomic E-state index is 3.89. The molecule has 12 heavy (non-hydrogen) atoms. The van der Waals surface area contributed by atoms with Crippen LogP contribution in [0.3, 0.4) is 0 Å². The summed E-state index contributed by atoms with van der Waals surface area (Å²) in [6.07, 6.45) is 9.94. The van der Waals surface area contributed by atoms with E-state index in [0.29, 0.717) is 0 Å². The minimum Gasteiger partial charge on any atom is -0.100 e. The van der Waals surface area contributed by atoms with Gasteiger partial charge in [0, 0.05) is 0 Å². The lowest BCUT2D eigenvalue weighted by Crippen LogP contribution is -1.80. The Bertz CT molecular complexity index is 182. The van der Waals surface area contributed by atoms with Gasteiger partial charge in [0.25, 0.3) is 0 Å². The highest BCUT2D eigenvalue weighted by Gasteiger charge is 1.91. The molecule has 0 aromatic heterocycles. The third-order valence-corrected chi connectivity index (χ3v) is 1.78. The maximum absolute atomic E-state index is 3.89.